The molecule has 7 nitrogen and oxygen atoms in total. The molecular weight excluding hydrogens is 320 g/mol. The Labute approximate surface area is 151 Å². The van der Waals surface area contributed by atoms with Gasteiger partial charge in [-0.05, 0) is 39.8 Å². The maximum atomic E-state index is 5.97. The number of guanidine groups is 1. The molecule has 0 aromatic carbocycles. The molecule has 7 heteroatoms. The number of nitrogens with one attached hydrogen (secondary N) is 1. The van der Waals surface area contributed by atoms with Gasteiger partial charge in [0.1, 0.15) is 6.10 Å². The van der Waals surface area contributed by atoms with Crippen molar-refractivity contribution in [3.05, 3.63) is 0 Å². The Morgan fingerprint density at radius 1 is 1.16 bits per heavy atom. The van der Waals surface area contributed by atoms with Crippen LogP contribution in [0.2, 0.25) is 0 Å². The Morgan fingerprint density at radius 2 is 1.92 bits per heavy atom. The van der Waals surface area contributed by atoms with E-state index in [-0.39, 0.29) is 17.7 Å². The molecule has 0 amide bonds. The van der Waals surface area contributed by atoms with Crippen LogP contribution in [0.5, 0.6) is 0 Å². The summed E-state index contributed by atoms with van der Waals surface area (Å²) in [5.41, 5.74) is 0.133. The van der Waals surface area contributed by atoms with Crippen LogP contribution in [0.4, 0.5) is 0 Å². The van der Waals surface area contributed by atoms with E-state index in [2.05, 4.69) is 34.2 Å². The monoisotopic (exact) mass is 354 g/mol. The predicted octanol–water partition coefficient (Wildman–Crippen LogP) is 0.552. The first kappa shape index (κ1) is 18.9. The van der Waals surface area contributed by atoms with Gasteiger partial charge in [-0.2, -0.15) is 0 Å². The fourth-order valence-corrected chi connectivity index (χ4v) is 4.10. The molecule has 2 unspecified atom stereocenters. The standard InChI is InChI=1S/C18H34N4O3/c1-19-17(20-14-18(21(2)3)6-10-23-11-7-18)22-8-12-25-16(13-22)15-5-4-9-24-15/h15-16H,4-14H2,1-3H3,(H,19,20). The molecular formula is C18H34N4O3. The van der Waals surface area contributed by atoms with Gasteiger partial charge in [-0.3, -0.25) is 4.99 Å². The van der Waals surface area contributed by atoms with E-state index in [4.69, 9.17) is 14.2 Å². The van der Waals surface area contributed by atoms with Crippen molar-refractivity contribution in [3.8, 4) is 0 Å². The van der Waals surface area contributed by atoms with Crippen molar-refractivity contribution in [2.24, 2.45) is 4.99 Å². The Kier molecular flexibility index (Phi) is 6.55. The van der Waals surface area contributed by atoms with E-state index in [1.54, 1.807) is 0 Å². The number of hydrogen-bond acceptors (Lipinski definition) is 5. The van der Waals surface area contributed by atoms with E-state index in [0.717, 1.165) is 77.7 Å². The highest BCUT2D eigenvalue weighted by molar-refractivity contribution is 5.80. The summed E-state index contributed by atoms with van der Waals surface area (Å²) in [5.74, 6) is 0.971. The van der Waals surface area contributed by atoms with Gasteiger partial charge in [0.15, 0.2) is 5.96 Å². The molecule has 1 N–H and O–H groups in total. The van der Waals surface area contributed by atoms with Crippen molar-refractivity contribution in [3.63, 3.8) is 0 Å². The highest BCUT2D eigenvalue weighted by atomic mass is 16.5. The molecule has 2 atom stereocenters. The summed E-state index contributed by atoms with van der Waals surface area (Å²) in [6, 6.07) is 0. The van der Waals surface area contributed by atoms with Gasteiger partial charge in [-0.25, -0.2) is 0 Å². The summed E-state index contributed by atoms with van der Waals surface area (Å²) in [6.07, 6.45) is 4.74. The van der Waals surface area contributed by atoms with E-state index in [1.807, 2.05) is 7.05 Å². The fourth-order valence-electron chi connectivity index (χ4n) is 4.10. The zero-order valence-corrected chi connectivity index (χ0v) is 16.0. The molecule has 0 bridgehead atoms. The number of aliphatic imine (C=N–C) groups is 1. The maximum Gasteiger partial charge on any atom is 0.193 e. The van der Waals surface area contributed by atoms with Crippen molar-refractivity contribution in [1.29, 1.82) is 0 Å². The fraction of sp³-hybridized carbons (Fsp3) is 0.944. The van der Waals surface area contributed by atoms with Crippen molar-refractivity contribution >= 4 is 5.96 Å². The maximum absolute atomic E-state index is 5.97. The van der Waals surface area contributed by atoms with Gasteiger partial charge in [0.2, 0.25) is 0 Å². The molecule has 3 heterocycles. The summed E-state index contributed by atoms with van der Waals surface area (Å²) < 4.78 is 17.4. The molecule has 3 saturated heterocycles. The van der Waals surface area contributed by atoms with Gasteiger partial charge in [0, 0.05) is 52.0 Å². The van der Waals surface area contributed by atoms with Crippen LogP contribution in [-0.2, 0) is 14.2 Å². The smallest absolute Gasteiger partial charge is 0.193 e. The lowest BCUT2D eigenvalue weighted by atomic mass is 9.88. The molecule has 25 heavy (non-hydrogen) atoms. The summed E-state index contributed by atoms with van der Waals surface area (Å²) >= 11 is 0. The van der Waals surface area contributed by atoms with Crippen LogP contribution < -0.4 is 5.32 Å². The zero-order valence-electron chi connectivity index (χ0n) is 16.0. The van der Waals surface area contributed by atoms with Crippen LogP contribution in [0, 0.1) is 0 Å². The number of likely N-dealkylation sites (N-methyl/N-ethyl adjacent to an activating group) is 1. The summed E-state index contributed by atoms with van der Waals surface area (Å²) in [7, 11) is 6.20. The first-order chi connectivity index (χ1) is 12.1. The lowest BCUT2D eigenvalue weighted by Gasteiger charge is -2.44. The predicted molar refractivity (Wildman–Crippen MR) is 98.1 cm³/mol. The molecule has 0 aromatic rings. The quantitative estimate of drug-likeness (QED) is 0.588. The summed E-state index contributed by atoms with van der Waals surface area (Å²) in [5, 5.41) is 3.62. The van der Waals surface area contributed by atoms with Crippen LogP contribution in [-0.4, -0.2) is 101 Å². The normalized spacial score (nSPS) is 30.7. The first-order valence-electron chi connectivity index (χ1n) is 9.59. The second kappa shape index (κ2) is 8.66. The van der Waals surface area contributed by atoms with Crippen LogP contribution in [0.15, 0.2) is 4.99 Å². The van der Waals surface area contributed by atoms with Crippen molar-refractivity contribution < 1.29 is 14.2 Å². The molecule has 0 aliphatic carbocycles. The number of rotatable bonds is 4. The zero-order chi connectivity index (χ0) is 17.7. The molecule has 3 aliphatic rings. The number of morpholine rings is 1. The third-order valence-corrected chi connectivity index (χ3v) is 5.93. The van der Waals surface area contributed by atoms with E-state index in [1.165, 1.54) is 0 Å². The first-order valence-corrected chi connectivity index (χ1v) is 9.59. The Morgan fingerprint density at radius 3 is 2.56 bits per heavy atom. The second-order valence-electron chi connectivity index (χ2n) is 7.54. The van der Waals surface area contributed by atoms with E-state index >= 15 is 0 Å². The SMILES string of the molecule is CN=C(NCC1(N(C)C)CCOCC1)N1CCOC(C2CCCO2)C1. The molecule has 0 saturated carbocycles. The van der Waals surface area contributed by atoms with E-state index < -0.39 is 0 Å². The molecule has 3 aliphatic heterocycles. The van der Waals surface area contributed by atoms with Gasteiger partial charge >= 0.3 is 0 Å². The minimum atomic E-state index is 0.133. The van der Waals surface area contributed by atoms with Crippen LogP contribution >= 0.6 is 0 Å². The van der Waals surface area contributed by atoms with Crippen LogP contribution in [0.1, 0.15) is 25.7 Å². The average Bonchev–Trinajstić information content (AvgIpc) is 3.18. The Hall–Kier alpha value is -0.890. The number of hydrogen-bond donors (Lipinski definition) is 1. The van der Waals surface area contributed by atoms with Gasteiger partial charge < -0.3 is 29.3 Å². The molecule has 3 fully saturated rings. The Balaban J connectivity index is 1.58. The Bertz CT molecular complexity index is 446. The number of nitrogens with zero attached hydrogens (tertiary/aromatic N) is 3. The largest absolute Gasteiger partial charge is 0.381 e. The highest BCUT2D eigenvalue weighted by Gasteiger charge is 2.36. The molecule has 0 spiro atoms. The second-order valence-corrected chi connectivity index (χ2v) is 7.54. The van der Waals surface area contributed by atoms with Gasteiger partial charge in [0.25, 0.3) is 0 Å². The topological polar surface area (TPSA) is 58.6 Å². The van der Waals surface area contributed by atoms with Crippen molar-refractivity contribution in [2.75, 3.05) is 67.2 Å². The molecule has 0 radical (unpaired) electrons. The molecule has 0 aromatic heterocycles. The van der Waals surface area contributed by atoms with E-state index in [0.29, 0.717) is 0 Å². The van der Waals surface area contributed by atoms with Crippen molar-refractivity contribution in [1.82, 2.24) is 15.1 Å². The van der Waals surface area contributed by atoms with Crippen molar-refractivity contribution in [2.45, 2.75) is 43.4 Å². The summed E-state index contributed by atoms with van der Waals surface area (Å²) in [6.45, 7) is 5.87. The van der Waals surface area contributed by atoms with Gasteiger partial charge in [0.05, 0.1) is 12.7 Å². The minimum Gasteiger partial charge on any atom is -0.381 e. The third kappa shape index (κ3) is 4.45. The summed E-state index contributed by atoms with van der Waals surface area (Å²) in [4.78, 5) is 9.19. The molecule has 3 rings (SSSR count). The number of ether oxygens (including phenoxy) is 3. The van der Waals surface area contributed by atoms with E-state index in [9.17, 15) is 0 Å². The lowest BCUT2D eigenvalue weighted by molar-refractivity contribution is -0.0818. The minimum absolute atomic E-state index is 0.133. The highest BCUT2D eigenvalue weighted by Crippen LogP contribution is 2.25. The molecule has 144 valence electrons. The average molecular weight is 354 g/mol. The van der Waals surface area contributed by atoms with Crippen LogP contribution in [0.25, 0.3) is 0 Å². The van der Waals surface area contributed by atoms with Gasteiger partial charge in [-0.15, -0.1) is 0 Å². The lowest BCUT2D eigenvalue weighted by Crippen LogP contribution is -2.59. The van der Waals surface area contributed by atoms with Gasteiger partial charge in [-0.1, -0.05) is 0 Å². The van der Waals surface area contributed by atoms with Crippen LogP contribution in [0.3, 0.4) is 0 Å². The third-order valence-electron chi connectivity index (χ3n) is 5.93.